The van der Waals surface area contributed by atoms with Gasteiger partial charge >= 0.3 is 12.0 Å². The lowest BCUT2D eigenvalue weighted by Crippen LogP contribution is -2.37. The average molecular weight is 266 g/mol. The molecule has 6 heteroatoms. The van der Waals surface area contributed by atoms with Crippen molar-refractivity contribution in [3.63, 3.8) is 0 Å². The van der Waals surface area contributed by atoms with E-state index in [0.29, 0.717) is 25.9 Å². The fourth-order valence-corrected chi connectivity index (χ4v) is 1.54. The predicted molar refractivity (Wildman–Crippen MR) is 70.1 cm³/mol. The van der Waals surface area contributed by atoms with Gasteiger partial charge in [-0.05, 0) is 30.5 Å². The van der Waals surface area contributed by atoms with Crippen molar-refractivity contribution in [3.8, 4) is 5.75 Å². The highest BCUT2D eigenvalue weighted by Crippen LogP contribution is 2.10. The maximum atomic E-state index is 11.3. The second-order valence-electron chi connectivity index (χ2n) is 4.10. The number of aromatic hydroxyl groups is 1. The van der Waals surface area contributed by atoms with Crippen molar-refractivity contribution >= 4 is 12.0 Å². The van der Waals surface area contributed by atoms with Gasteiger partial charge in [-0.2, -0.15) is 0 Å². The zero-order valence-electron chi connectivity index (χ0n) is 10.6. The van der Waals surface area contributed by atoms with Gasteiger partial charge in [0.25, 0.3) is 0 Å². The first-order chi connectivity index (χ1) is 9.08. The van der Waals surface area contributed by atoms with Gasteiger partial charge in [-0.3, -0.25) is 4.79 Å². The highest BCUT2D eigenvalue weighted by Gasteiger charge is 2.01. The average Bonchev–Trinajstić information content (AvgIpc) is 2.34. The van der Waals surface area contributed by atoms with Gasteiger partial charge in [-0.25, -0.2) is 4.79 Å². The molecule has 0 radical (unpaired) electrons. The summed E-state index contributed by atoms with van der Waals surface area (Å²) in [5.74, 6) is -0.665. The zero-order chi connectivity index (χ0) is 14.1. The molecule has 0 aliphatic rings. The SMILES string of the molecule is O=C(O)CCCNC(=O)NCCc1cccc(O)c1. The smallest absolute Gasteiger partial charge is 0.314 e. The Labute approximate surface area is 111 Å². The minimum Gasteiger partial charge on any atom is -0.508 e. The fraction of sp³-hybridized carbons (Fsp3) is 0.385. The number of carbonyl (C=O) groups excluding carboxylic acids is 1. The number of hydrogen-bond donors (Lipinski definition) is 4. The Morgan fingerprint density at radius 1 is 1.16 bits per heavy atom. The Bertz CT molecular complexity index is 434. The van der Waals surface area contributed by atoms with Crippen LogP contribution < -0.4 is 10.6 Å². The van der Waals surface area contributed by atoms with E-state index >= 15 is 0 Å². The van der Waals surface area contributed by atoms with Gasteiger partial charge < -0.3 is 20.8 Å². The molecule has 0 bridgehead atoms. The topological polar surface area (TPSA) is 98.7 Å². The van der Waals surface area contributed by atoms with E-state index in [9.17, 15) is 14.7 Å². The third-order valence-electron chi connectivity index (χ3n) is 2.46. The van der Waals surface area contributed by atoms with Crippen LogP contribution in [0.15, 0.2) is 24.3 Å². The van der Waals surface area contributed by atoms with Crippen LogP contribution in [0, 0.1) is 0 Å². The van der Waals surface area contributed by atoms with E-state index in [-0.39, 0.29) is 18.2 Å². The minimum absolute atomic E-state index is 0.0452. The number of hydrogen-bond acceptors (Lipinski definition) is 3. The molecule has 19 heavy (non-hydrogen) atoms. The molecule has 1 aromatic rings. The molecular weight excluding hydrogens is 248 g/mol. The summed E-state index contributed by atoms with van der Waals surface area (Å²) in [4.78, 5) is 21.6. The lowest BCUT2D eigenvalue weighted by molar-refractivity contribution is -0.137. The largest absolute Gasteiger partial charge is 0.508 e. The van der Waals surface area contributed by atoms with Gasteiger partial charge in [0.15, 0.2) is 0 Å². The fourth-order valence-electron chi connectivity index (χ4n) is 1.54. The van der Waals surface area contributed by atoms with Gasteiger partial charge in [0, 0.05) is 19.5 Å². The molecule has 2 amide bonds. The number of phenolic OH excluding ortho intramolecular Hbond substituents is 1. The number of carbonyl (C=O) groups is 2. The first-order valence-electron chi connectivity index (χ1n) is 6.09. The molecule has 0 saturated heterocycles. The van der Waals surface area contributed by atoms with Crippen molar-refractivity contribution in [2.45, 2.75) is 19.3 Å². The second kappa shape index (κ2) is 7.97. The monoisotopic (exact) mass is 266 g/mol. The number of carboxylic acid groups (broad SMARTS) is 1. The minimum atomic E-state index is -0.869. The Morgan fingerprint density at radius 2 is 1.89 bits per heavy atom. The molecule has 0 spiro atoms. The summed E-state index contributed by atoms with van der Waals surface area (Å²) < 4.78 is 0. The number of urea groups is 1. The van der Waals surface area contributed by atoms with Gasteiger partial charge in [-0.1, -0.05) is 12.1 Å². The molecule has 0 saturated carbocycles. The number of rotatable bonds is 7. The number of nitrogens with one attached hydrogen (secondary N) is 2. The quantitative estimate of drug-likeness (QED) is 0.555. The molecule has 1 aromatic carbocycles. The molecule has 0 fully saturated rings. The molecule has 6 nitrogen and oxygen atoms in total. The molecule has 104 valence electrons. The van der Waals surface area contributed by atoms with Crippen molar-refractivity contribution in [2.75, 3.05) is 13.1 Å². The van der Waals surface area contributed by atoms with Crippen LogP contribution in [0.3, 0.4) is 0 Å². The summed E-state index contributed by atoms with van der Waals surface area (Å²) in [7, 11) is 0. The molecule has 0 aromatic heterocycles. The van der Waals surface area contributed by atoms with E-state index in [1.165, 1.54) is 0 Å². The van der Waals surface area contributed by atoms with Crippen LogP contribution in [0.1, 0.15) is 18.4 Å². The maximum absolute atomic E-state index is 11.3. The molecule has 0 atom stereocenters. The Hall–Kier alpha value is -2.24. The molecule has 1 rings (SSSR count). The second-order valence-corrected chi connectivity index (χ2v) is 4.10. The number of aliphatic carboxylic acids is 1. The van der Waals surface area contributed by atoms with Crippen molar-refractivity contribution in [2.24, 2.45) is 0 Å². The third-order valence-corrected chi connectivity index (χ3v) is 2.46. The number of carboxylic acids is 1. The van der Waals surface area contributed by atoms with Crippen LogP contribution in [0.5, 0.6) is 5.75 Å². The standard InChI is InChI=1S/C13H18N2O4/c16-11-4-1-3-10(9-11)6-8-15-13(19)14-7-2-5-12(17)18/h1,3-4,9,16H,2,5-8H2,(H,17,18)(H2,14,15,19). The summed E-state index contributed by atoms with van der Waals surface area (Å²) in [5, 5.41) is 22.9. The van der Waals surface area contributed by atoms with Crippen LogP contribution in [0.4, 0.5) is 4.79 Å². The first kappa shape index (κ1) is 14.8. The molecular formula is C13H18N2O4. The Morgan fingerprint density at radius 3 is 2.58 bits per heavy atom. The summed E-state index contributed by atoms with van der Waals surface area (Å²) in [6.45, 7) is 0.790. The summed E-state index contributed by atoms with van der Waals surface area (Å²) in [6.07, 6.45) is 1.08. The van der Waals surface area contributed by atoms with E-state index in [4.69, 9.17) is 5.11 Å². The number of phenols is 1. The predicted octanol–water partition coefficient (Wildman–Crippen LogP) is 1.10. The van der Waals surface area contributed by atoms with E-state index in [0.717, 1.165) is 5.56 Å². The zero-order valence-corrected chi connectivity index (χ0v) is 10.6. The van der Waals surface area contributed by atoms with Crippen LogP contribution in [-0.4, -0.2) is 35.3 Å². The van der Waals surface area contributed by atoms with Crippen molar-refractivity contribution < 1.29 is 19.8 Å². The van der Waals surface area contributed by atoms with Crippen molar-refractivity contribution in [3.05, 3.63) is 29.8 Å². The Balaban J connectivity index is 2.12. The van der Waals surface area contributed by atoms with E-state index in [1.54, 1.807) is 18.2 Å². The summed E-state index contributed by atoms with van der Waals surface area (Å²) in [5.41, 5.74) is 0.936. The van der Waals surface area contributed by atoms with Crippen LogP contribution in [0.2, 0.25) is 0 Å². The van der Waals surface area contributed by atoms with E-state index in [1.807, 2.05) is 6.07 Å². The lowest BCUT2D eigenvalue weighted by atomic mass is 10.1. The Kier molecular flexibility index (Phi) is 6.21. The first-order valence-corrected chi connectivity index (χ1v) is 6.09. The summed E-state index contributed by atoms with van der Waals surface area (Å²) >= 11 is 0. The summed E-state index contributed by atoms with van der Waals surface area (Å²) in [6, 6.07) is 6.53. The van der Waals surface area contributed by atoms with Crippen molar-refractivity contribution in [1.82, 2.24) is 10.6 Å². The molecule has 0 unspecified atom stereocenters. The van der Waals surface area contributed by atoms with Crippen LogP contribution in [-0.2, 0) is 11.2 Å². The van der Waals surface area contributed by atoms with E-state index in [2.05, 4.69) is 10.6 Å². The molecule has 0 aliphatic heterocycles. The van der Waals surface area contributed by atoms with Gasteiger partial charge in [0.1, 0.15) is 5.75 Å². The lowest BCUT2D eigenvalue weighted by Gasteiger charge is -2.07. The molecule has 4 N–H and O–H groups in total. The normalized spacial score (nSPS) is 9.89. The number of benzene rings is 1. The van der Waals surface area contributed by atoms with Gasteiger partial charge in [0.2, 0.25) is 0 Å². The van der Waals surface area contributed by atoms with E-state index < -0.39 is 5.97 Å². The van der Waals surface area contributed by atoms with Crippen LogP contribution >= 0.6 is 0 Å². The number of amides is 2. The van der Waals surface area contributed by atoms with Crippen LogP contribution in [0.25, 0.3) is 0 Å². The highest BCUT2D eigenvalue weighted by molar-refractivity contribution is 5.73. The third kappa shape index (κ3) is 6.92. The molecule has 0 aliphatic carbocycles. The van der Waals surface area contributed by atoms with Gasteiger partial charge in [0.05, 0.1) is 0 Å². The molecule has 0 heterocycles. The van der Waals surface area contributed by atoms with Gasteiger partial charge in [-0.15, -0.1) is 0 Å². The highest BCUT2D eigenvalue weighted by atomic mass is 16.4. The van der Waals surface area contributed by atoms with Crippen molar-refractivity contribution in [1.29, 1.82) is 0 Å². The maximum Gasteiger partial charge on any atom is 0.314 e.